The van der Waals surface area contributed by atoms with Crippen LogP contribution in [-0.2, 0) is 9.59 Å². The summed E-state index contributed by atoms with van der Waals surface area (Å²) in [6, 6.07) is 3.27. The lowest BCUT2D eigenvalue weighted by molar-refractivity contribution is -0.136. The molecule has 1 unspecified atom stereocenters. The fourth-order valence-electron chi connectivity index (χ4n) is 2.57. The molecule has 5 nitrogen and oxygen atoms in total. The topological polar surface area (TPSA) is 78.4 Å². The van der Waals surface area contributed by atoms with Gasteiger partial charge >= 0.3 is 11.8 Å². The molecule has 1 fully saturated rings. The summed E-state index contributed by atoms with van der Waals surface area (Å²) < 4.78 is 26.4. The normalized spacial score (nSPS) is 16.3. The van der Waals surface area contributed by atoms with Crippen LogP contribution in [0.5, 0.6) is 0 Å². The number of rotatable bonds is 4. The first-order valence-electron chi connectivity index (χ1n) is 7.20. The number of benzene rings is 1. The van der Waals surface area contributed by atoms with Crippen molar-refractivity contribution in [3.05, 3.63) is 29.8 Å². The highest BCUT2D eigenvalue weighted by Crippen LogP contribution is 2.27. The third-order valence-corrected chi connectivity index (χ3v) is 3.82. The highest BCUT2D eigenvalue weighted by Gasteiger charge is 2.24. The first-order valence-corrected chi connectivity index (χ1v) is 7.20. The molecule has 1 saturated carbocycles. The third-order valence-electron chi connectivity index (χ3n) is 3.82. The number of halogens is 2. The Kier molecular flexibility index (Phi) is 5.43. The van der Waals surface area contributed by atoms with Crippen molar-refractivity contribution >= 4 is 17.5 Å². The number of aliphatic hydroxyl groups is 1. The zero-order chi connectivity index (χ0) is 16.1. The summed E-state index contributed by atoms with van der Waals surface area (Å²) >= 11 is 0. The van der Waals surface area contributed by atoms with E-state index in [1.807, 2.05) is 5.32 Å². The van der Waals surface area contributed by atoms with Crippen LogP contribution in [0.4, 0.5) is 14.5 Å². The monoisotopic (exact) mass is 312 g/mol. The Morgan fingerprint density at radius 1 is 1.23 bits per heavy atom. The van der Waals surface area contributed by atoms with E-state index >= 15 is 0 Å². The van der Waals surface area contributed by atoms with Gasteiger partial charge in [0.15, 0.2) is 11.6 Å². The molecule has 120 valence electrons. The largest absolute Gasteiger partial charge is 0.391 e. The van der Waals surface area contributed by atoms with Crippen LogP contribution in [0.2, 0.25) is 0 Å². The van der Waals surface area contributed by atoms with Crippen LogP contribution in [0.1, 0.15) is 25.7 Å². The number of hydrogen-bond acceptors (Lipinski definition) is 3. The molecular weight excluding hydrogens is 294 g/mol. The van der Waals surface area contributed by atoms with Gasteiger partial charge in [-0.25, -0.2) is 8.78 Å². The Hall–Kier alpha value is -2.02. The highest BCUT2D eigenvalue weighted by molar-refractivity contribution is 6.39. The van der Waals surface area contributed by atoms with E-state index in [1.54, 1.807) is 0 Å². The molecule has 2 amide bonds. The highest BCUT2D eigenvalue weighted by atomic mass is 19.2. The number of amides is 2. The molecular formula is C15H18F2N2O3. The molecule has 1 aliphatic carbocycles. The molecule has 7 heteroatoms. The number of aliphatic hydroxyl groups excluding tert-OH is 1. The minimum Gasteiger partial charge on any atom is -0.391 e. The second kappa shape index (κ2) is 7.31. The van der Waals surface area contributed by atoms with Gasteiger partial charge in [0.2, 0.25) is 0 Å². The first kappa shape index (κ1) is 16.4. The van der Waals surface area contributed by atoms with Crippen molar-refractivity contribution in [2.75, 3.05) is 11.9 Å². The van der Waals surface area contributed by atoms with Gasteiger partial charge in [0.25, 0.3) is 0 Å². The Morgan fingerprint density at radius 2 is 1.91 bits per heavy atom. The Labute approximate surface area is 126 Å². The van der Waals surface area contributed by atoms with E-state index in [-0.39, 0.29) is 12.5 Å². The van der Waals surface area contributed by atoms with Gasteiger partial charge in [-0.15, -0.1) is 0 Å². The predicted octanol–water partition coefficient (Wildman–Crippen LogP) is 1.57. The lowest BCUT2D eigenvalue weighted by atomic mass is 10.0. The first-order chi connectivity index (χ1) is 10.5. The van der Waals surface area contributed by atoms with Crippen molar-refractivity contribution in [1.82, 2.24) is 5.32 Å². The van der Waals surface area contributed by atoms with E-state index < -0.39 is 35.2 Å². The van der Waals surface area contributed by atoms with Crippen molar-refractivity contribution in [2.24, 2.45) is 5.92 Å². The van der Waals surface area contributed by atoms with Crippen LogP contribution in [0.15, 0.2) is 18.2 Å². The molecule has 22 heavy (non-hydrogen) atoms. The predicted molar refractivity (Wildman–Crippen MR) is 76.0 cm³/mol. The maximum absolute atomic E-state index is 13.4. The summed E-state index contributed by atoms with van der Waals surface area (Å²) in [5.74, 6) is -4.32. The van der Waals surface area contributed by atoms with Gasteiger partial charge in [-0.3, -0.25) is 9.59 Å². The minimum absolute atomic E-state index is 0.0391. The van der Waals surface area contributed by atoms with E-state index in [9.17, 15) is 23.5 Å². The molecule has 2 rings (SSSR count). The number of hydrogen-bond donors (Lipinski definition) is 3. The summed E-state index contributed by atoms with van der Waals surface area (Å²) in [4.78, 5) is 23.2. The number of carbonyl (C=O) groups is 2. The van der Waals surface area contributed by atoms with E-state index in [0.717, 1.165) is 37.8 Å². The average Bonchev–Trinajstić information content (AvgIpc) is 3.03. The summed E-state index contributed by atoms with van der Waals surface area (Å²) in [5, 5.41) is 14.2. The van der Waals surface area contributed by atoms with Gasteiger partial charge in [0.1, 0.15) is 0 Å². The minimum atomic E-state index is -1.23. The van der Waals surface area contributed by atoms with Crippen molar-refractivity contribution in [3.63, 3.8) is 0 Å². The molecule has 1 aliphatic rings. The Balaban J connectivity index is 1.84. The van der Waals surface area contributed by atoms with E-state index in [4.69, 9.17) is 0 Å². The number of anilines is 1. The maximum Gasteiger partial charge on any atom is 0.313 e. The van der Waals surface area contributed by atoms with Crippen LogP contribution >= 0.6 is 0 Å². The van der Waals surface area contributed by atoms with Crippen molar-refractivity contribution in [1.29, 1.82) is 0 Å². The SMILES string of the molecule is O=C(NCC(O)C1CCCC1)C(=O)Nc1cccc(F)c1F. The van der Waals surface area contributed by atoms with Gasteiger partial charge in [-0.1, -0.05) is 18.9 Å². The fourth-order valence-corrected chi connectivity index (χ4v) is 2.57. The fraction of sp³-hybridized carbons (Fsp3) is 0.467. The molecule has 0 saturated heterocycles. The Morgan fingerprint density at radius 3 is 2.59 bits per heavy atom. The van der Waals surface area contributed by atoms with Crippen molar-refractivity contribution in [2.45, 2.75) is 31.8 Å². The molecule has 0 aliphatic heterocycles. The van der Waals surface area contributed by atoms with Crippen LogP contribution in [0.3, 0.4) is 0 Å². The van der Waals surface area contributed by atoms with E-state index in [0.29, 0.717) is 0 Å². The Bertz CT molecular complexity index is 560. The number of nitrogens with one attached hydrogen (secondary N) is 2. The molecule has 0 radical (unpaired) electrons. The lowest BCUT2D eigenvalue weighted by Crippen LogP contribution is -2.41. The standard InChI is InChI=1S/C15H18F2N2O3/c16-10-6-3-7-11(13(10)17)19-15(22)14(21)18-8-12(20)9-4-1-2-5-9/h3,6-7,9,12,20H,1-2,4-5,8H2,(H,18,21)(H,19,22). The van der Waals surface area contributed by atoms with Gasteiger partial charge in [0.05, 0.1) is 11.8 Å². The molecule has 1 aromatic carbocycles. The molecule has 0 bridgehead atoms. The van der Waals surface area contributed by atoms with Crippen LogP contribution < -0.4 is 10.6 Å². The summed E-state index contributed by atoms with van der Waals surface area (Å²) in [6.07, 6.45) is 3.20. The van der Waals surface area contributed by atoms with E-state index in [1.165, 1.54) is 6.07 Å². The second-order valence-electron chi connectivity index (χ2n) is 5.38. The van der Waals surface area contributed by atoms with Crippen molar-refractivity contribution in [3.8, 4) is 0 Å². The molecule has 0 heterocycles. The molecule has 1 atom stereocenters. The van der Waals surface area contributed by atoms with Crippen LogP contribution in [0.25, 0.3) is 0 Å². The van der Waals surface area contributed by atoms with Gasteiger partial charge in [-0.2, -0.15) is 0 Å². The zero-order valence-electron chi connectivity index (χ0n) is 11.9. The summed E-state index contributed by atoms with van der Waals surface area (Å²) in [7, 11) is 0. The molecule has 3 N–H and O–H groups in total. The summed E-state index contributed by atoms with van der Waals surface area (Å²) in [6.45, 7) is -0.0391. The van der Waals surface area contributed by atoms with Crippen molar-refractivity contribution < 1.29 is 23.5 Å². The van der Waals surface area contributed by atoms with Crippen LogP contribution in [0, 0.1) is 17.6 Å². The molecule has 0 aromatic heterocycles. The quantitative estimate of drug-likeness (QED) is 0.739. The van der Waals surface area contributed by atoms with Gasteiger partial charge < -0.3 is 15.7 Å². The maximum atomic E-state index is 13.4. The number of carbonyl (C=O) groups excluding carboxylic acids is 2. The summed E-state index contributed by atoms with van der Waals surface area (Å²) in [5.41, 5.74) is -0.406. The van der Waals surface area contributed by atoms with Crippen LogP contribution in [-0.4, -0.2) is 29.6 Å². The smallest absolute Gasteiger partial charge is 0.313 e. The van der Waals surface area contributed by atoms with Gasteiger partial charge in [-0.05, 0) is 30.9 Å². The molecule has 0 spiro atoms. The third kappa shape index (κ3) is 4.00. The average molecular weight is 312 g/mol. The lowest BCUT2D eigenvalue weighted by Gasteiger charge is -2.17. The second-order valence-corrected chi connectivity index (χ2v) is 5.38. The zero-order valence-corrected chi connectivity index (χ0v) is 11.9. The molecule has 1 aromatic rings. The van der Waals surface area contributed by atoms with Gasteiger partial charge in [0, 0.05) is 6.54 Å². The van der Waals surface area contributed by atoms with E-state index in [2.05, 4.69) is 5.32 Å².